The van der Waals surface area contributed by atoms with Crippen molar-refractivity contribution in [2.45, 2.75) is 13.0 Å². The van der Waals surface area contributed by atoms with Gasteiger partial charge in [0.25, 0.3) is 0 Å². The summed E-state index contributed by atoms with van der Waals surface area (Å²) < 4.78 is 3.67. The Morgan fingerprint density at radius 2 is 2.62 bits per heavy atom. The Hall–Kier alpha value is -0.480. The normalized spacial score (nSPS) is 13.8. The lowest BCUT2D eigenvalue weighted by atomic mass is 10.4. The van der Waals surface area contributed by atoms with Crippen molar-refractivity contribution in [2.75, 3.05) is 0 Å². The van der Waals surface area contributed by atoms with E-state index in [0.717, 1.165) is 11.5 Å². The number of hydrogen-bond donors (Lipinski definition) is 0. The summed E-state index contributed by atoms with van der Waals surface area (Å²) in [6, 6.07) is 0. The van der Waals surface area contributed by atoms with E-state index < -0.39 is 6.10 Å². The molecule has 0 bridgehead atoms. The summed E-state index contributed by atoms with van der Waals surface area (Å²) in [7, 11) is 0. The predicted molar refractivity (Wildman–Crippen MR) is 29.0 cm³/mol. The molecule has 1 rings (SSSR count). The Labute approximate surface area is 51.2 Å². The third-order valence-electron chi connectivity index (χ3n) is 0.726. The fourth-order valence-electron chi connectivity index (χ4n) is 0.361. The molecule has 8 heavy (non-hydrogen) atoms. The van der Waals surface area contributed by atoms with Crippen LogP contribution in [0, 0.1) is 0 Å². The lowest BCUT2D eigenvalue weighted by Crippen LogP contribution is -1.84. The van der Waals surface area contributed by atoms with Crippen LogP contribution in [-0.4, -0.2) is 9.36 Å². The van der Waals surface area contributed by atoms with Gasteiger partial charge in [-0.3, -0.25) is 0 Å². The van der Waals surface area contributed by atoms with Crippen LogP contribution in [-0.2, 0) is 5.11 Å². The van der Waals surface area contributed by atoms with Crippen LogP contribution < -0.4 is 0 Å². The van der Waals surface area contributed by atoms with E-state index in [1.165, 1.54) is 6.33 Å². The van der Waals surface area contributed by atoms with E-state index in [1.807, 2.05) is 0 Å². The van der Waals surface area contributed by atoms with Crippen molar-refractivity contribution in [1.29, 1.82) is 0 Å². The lowest BCUT2D eigenvalue weighted by molar-refractivity contribution is 0.106. The summed E-state index contributed by atoms with van der Waals surface area (Å²) in [6.45, 7) is 1.56. The first-order chi connectivity index (χ1) is 3.80. The molecule has 0 saturated heterocycles. The van der Waals surface area contributed by atoms with Crippen LogP contribution in [0.2, 0.25) is 0 Å². The average Bonchev–Trinajstić information content (AvgIpc) is 2.12. The predicted octanol–water partition coefficient (Wildman–Crippen LogP) is 1.03. The third-order valence-corrected chi connectivity index (χ3v) is 1.55. The second-order valence-electron chi connectivity index (χ2n) is 1.42. The molecule has 0 N–H and O–H groups in total. The molecule has 1 aromatic rings. The smallest absolute Gasteiger partial charge is 0.145 e. The molecule has 1 radical (unpaired) electrons. The number of aromatic nitrogens is 2. The molecule has 0 fully saturated rings. The molecule has 0 saturated carbocycles. The highest BCUT2D eigenvalue weighted by Gasteiger charge is 2.03. The van der Waals surface area contributed by atoms with Crippen LogP contribution >= 0.6 is 11.5 Å². The maximum atomic E-state index is 10.5. The maximum absolute atomic E-state index is 10.5. The fourth-order valence-corrected chi connectivity index (χ4v) is 0.806. The topological polar surface area (TPSA) is 45.7 Å². The van der Waals surface area contributed by atoms with Gasteiger partial charge >= 0.3 is 0 Å². The van der Waals surface area contributed by atoms with E-state index in [9.17, 15) is 5.11 Å². The highest BCUT2D eigenvalue weighted by molar-refractivity contribution is 7.05. The second-order valence-corrected chi connectivity index (χ2v) is 2.23. The van der Waals surface area contributed by atoms with Crippen molar-refractivity contribution in [3.8, 4) is 0 Å². The first-order valence-corrected chi connectivity index (χ1v) is 3.00. The van der Waals surface area contributed by atoms with Gasteiger partial charge in [0.2, 0.25) is 0 Å². The summed E-state index contributed by atoms with van der Waals surface area (Å²) in [5.41, 5.74) is 0. The Morgan fingerprint density at radius 3 is 2.88 bits per heavy atom. The van der Waals surface area contributed by atoms with E-state index in [0.29, 0.717) is 5.01 Å². The summed E-state index contributed by atoms with van der Waals surface area (Å²) in [5.74, 6) is 0. The first kappa shape index (κ1) is 5.65. The summed E-state index contributed by atoms with van der Waals surface area (Å²) >= 11 is 1.16. The van der Waals surface area contributed by atoms with Crippen molar-refractivity contribution in [3.05, 3.63) is 11.3 Å². The van der Waals surface area contributed by atoms with Crippen LogP contribution in [0.25, 0.3) is 0 Å². The Morgan fingerprint density at radius 1 is 1.88 bits per heavy atom. The SMILES string of the molecule is CC([O])c1ncns1. The maximum Gasteiger partial charge on any atom is 0.145 e. The summed E-state index contributed by atoms with van der Waals surface area (Å²) in [5, 5.41) is 11.1. The molecule has 4 heteroatoms. The molecular formula is C4H5N2OS. The molecule has 1 atom stereocenters. The minimum absolute atomic E-state index is 0.560. The third kappa shape index (κ3) is 1.02. The Balaban J connectivity index is 2.77. The van der Waals surface area contributed by atoms with E-state index in [2.05, 4.69) is 9.36 Å². The lowest BCUT2D eigenvalue weighted by Gasteiger charge is -1.88. The van der Waals surface area contributed by atoms with Gasteiger partial charge in [-0.2, -0.15) is 4.37 Å². The largest absolute Gasteiger partial charge is 0.226 e. The van der Waals surface area contributed by atoms with Gasteiger partial charge in [-0.15, -0.1) is 0 Å². The van der Waals surface area contributed by atoms with Crippen molar-refractivity contribution in [2.24, 2.45) is 0 Å². The second kappa shape index (κ2) is 2.19. The van der Waals surface area contributed by atoms with Gasteiger partial charge in [0, 0.05) is 0 Å². The van der Waals surface area contributed by atoms with Gasteiger partial charge < -0.3 is 0 Å². The van der Waals surface area contributed by atoms with Crippen LogP contribution in [0.3, 0.4) is 0 Å². The molecule has 1 aromatic heterocycles. The fraction of sp³-hybridized carbons (Fsp3) is 0.500. The van der Waals surface area contributed by atoms with Crippen molar-refractivity contribution in [3.63, 3.8) is 0 Å². The molecule has 0 spiro atoms. The van der Waals surface area contributed by atoms with Crippen LogP contribution in [0.4, 0.5) is 0 Å². The van der Waals surface area contributed by atoms with Crippen LogP contribution in [0.15, 0.2) is 6.33 Å². The minimum Gasteiger partial charge on any atom is -0.226 e. The van der Waals surface area contributed by atoms with Crippen LogP contribution in [0.1, 0.15) is 18.0 Å². The minimum atomic E-state index is -0.720. The molecule has 0 aromatic carbocycles. The molecule has 0 aliphatic heterocycles. The molecule has 0 amide bonds. The van der Waals surface area contributed by atoms with Crippen LogP contribution in [0.5, 0.6) is 0 Å². The van der Waals surface area contributed by atoms with E-state index in [-0.39, 0.29) is 0 Å². The zero-order valence-electron chi connectivity index (χ0n) is 4.37. The Kier molecular flexibility index (Phi) is 1.55. The van der Waals surface area contributed by atoms with Crippen molar-refractivity contribution in [1.82, 2.24) is 9.36 Å². The monoisotopic (exact) mass is 129 g/mol. The molecule has 0 aliphatic rings. The van der Waals surface area contributed by atoms with Crippen molar-refractivity contribution < 1.29 is 5.11 Å². The highest BCUT2D eigenvalue weighted by atomic mass is 32.1. The standard InChI is InChI=1S/C4H5N2OS/c1-3(7)4-5-2-6-8-4/h2-3H,1H3. The van der Waals surface area contributed by atoms with Gasteiger partial charge in [0.1, 0.15) is 17.4 Å². The zero-order valence-corrected chi connectivity index (χ0v) is 5.18. The molecule has 0 aliphatic carbocycles. The van der Waals surface area contributed by atoms with Gasteiger partial charge in [0.05, 0.1) is 0 Å². The number of nitrogens with zero attached hydrogens (tertiary/aromatic N) is 2. The van der Waals surface area contributed by atoms with E-state index in [1.54, 1.807) is 6.92 Å². The van der Waals surface area contributed by atoms with Gasteiger partial charge in [0.15, 0.2) is 0 Å². The summed E-state index contributed by atoms with van der Waals surface area (Å²) in [4.78, 5) is 3.71. The number of hydrogen-bond acceptors (Lipinski definition) is 3. The first-order valence-electron chi connectivity index (χ1n) is 2.23. The van der Waals surface area contributed by atoms with Crippen molar-refractivity contribution >= 4 is 11.5 Å². The van der Waals surface area contributed by atoms with E-state index in [4.69, 9.17) is 0 Å². The quantitative estimate of drug-likeness (QED) is 0.568. The van der Waals surface area contributed by atoms with Gasteiger partial charge in [-0.25, -0.2) is 10.1 Å². The zero-order chi connectivity index (χ0) is 5.98. The summed E-state index contributed by atoms with van der Waals surface area (Å²) in [6.07, 6.45) is 0.677. The van der Waals surface area contributed by atoms with Gasteiger partial charge in [-0.05, 0) is 18.5 Å². The Bertz CT molecular complexity index is 149. The van der Waals surface area contributed by atoms with E-state index >= 15 is 0 Å². The molecule has 1 unspecified atom stereocenters. The molecule has 43 valence electrons. The van der Waals surface area contributed by atoms with Gasteiger partial charge in [-0.1, -0.05) is 0 Å². The highest BCUT2D eigenvalue weighted by Crippen LogP contribution is 2.11. The number of rotatable bonds is 1. The molecular weight excluding hydrogens is 124 g/mol. The average molecular weight is 129 g/mol. The molecule has 1 heterocycles. The molecule has 3 nitrogen and oxygen atoms in total.